The fraction of sp³-hybridized carbons (Fsp3) is 0.800. The van der Waals surface area contributed by atoms with Crippen molar-refractivity contribution in [3.8, 4) is 0 Å². The van der Waals surface area contributed by atoms with Gasteiger partial charge in [-0.05, 0) is 88.5 Å². The predicted octanol–water partition coefficient (Wildman–Crippen LogP) is 12.9. The molecule has 0 bridgehead atoms. The van der Waals surface area contributed by atoms with Crippen molar-refractivity contribution in [3.05, 3.63) is 45.3 Å². The van der Waals surface area contributed by atoms with Crippen LogP contribution in [-0.4, -0.2) is 74.9 Å². The van der Waals surface area contributed by atoms with E-state index in [2.05, 4.69) is 41.5 Å². The maximum Gasteiger partial charge on any atom is 0.472 e. The Morgan fingerprint density at radius 2 is 0.952 bits per heavy atom. The van der Waals surface area contributed by atoms with Gasteiger partial charge in [0.25, 0.3) is 0 Å². The van der Waals surface area contributed by atoms with E-state index in [4.69, 9.17) is 27.4 Å². The highest BCUT2D eigenvalue weighted by atomic mass is 31.2. The number of unbranched alkanes of at least 4 members (excludes halogenated alkanes) is 16. The fourth-order valence-electron chi connectivity index (χ4n) is 7.65. The number of furan rings is 2. The Labute approximate surface area is 376 Å². The number of carbonyl (C=O) groups is 2. The largest absolute Gasteiger partial charge is 0.472 e. The summed E-state index contributed by atoms with van der Waals surface area (Å²) in [6.45, 7) is 13.0. The first-order valence-corrected chi connectivity index (χ1v) is 26.0. The minimum absolute atomic E-state index is 0.0198. The molecule has 0 saturated heterocycles. The van der Waals surface area contributed by atoms with Crippen LogP contribution in [0.2, 0.25) is 0 Å². The van der Waals surface area contributed by atoms with Gasteiger partial charge < -0.3 is 27.7 Å². The Morgan fingerprint density at radius 3 is 1.39 bits per heavy atom. The van der Waals surface area contributed by atoms with Crippen LogP contribution in [0.4, 0.5) is 0 Å². The zero-order chi connectivity index (χ0) is 45.8. The highest BCUT2D eigenvalue weighted by Gasteiger charge is 2.27. The van der Waals surface area contributed by atoms with Gasteiger partial charge in [-0.3, -0.25) is 18.6 Å². The zero-order valence-corrected chi connectivity index (χ0v) is 41.7. The number of esters is 2. The molecule has 2 atom stereocenters. The normalized spacial score (nSPS) is 13.4. The van der Waals surface area contributed by atoms with Gasteiger partial charge in [0.05, 0.1) is 27.7 Å². The summed E-state index contributed by atoms with van der Waals surface area (Å²) in [5.74, 6) is 3.78. The number of aryl methyl sites for hydroxylation is 4. The van der Waals surface area contributed by atoms with Crippen molar-refractivity contribution in [1.82, 2.24) is 0 Å². The van der Waals surface area contributed by atoms with Crippen molar-refractivity contribution in [2.24, 2.45) is 0 Å². The molecule has 0 aromatic carbocycles. The number of hydrogen-bond acceptors (Lipinski definition) is 9. The van der Waals surface area contributed by atoms with Crippen molar-refractivity contribution >= 4 is 19.8 Å². The Balaban J connectivity index is 1.63. The van der Waals surface area contributed by atoms with Gasteiger partial charge in [0.2, 0.25) is 0 Å². The standard InChI is InChI=1S/C50H88NO10P/c1-10-12-25-31-46-42(5)43(6)48(61-46)33-26-21-17-15-13-14-16-18-24-29-35-50(53)59-44(39-58-62(54,55)57-37-36-51(7,8)9)38-56-49(52)34-28-23-20-19-22-27-32-47-41(4)40(3)45(60-47)30-11-2/h44H,10-39H2,1-9H3/p+1. The van der Waals surface area contributed by atoms with Crippen molar-refractivity contribution < 1.29 is 50.9 Å². The minimum atomic E-state index is -4.40. The molecule has 0 spiro atoms. The van der Waals surface area contributed by atoms with E-state index >= 15 is 0 Å². The molecule has 0 aliphatic heterocycles. The molecule has 0 saturated carbocycles. The van der Waals surface area contributed by atoms with Gasteiger partial charge in [-0.25, -0.2) is 4.57 Å². The molecule has 1 N–H and O–H groups in total. The van der Waals surface area contributed by atoms with Crippen LogP contribution in [0.3, 0.4) is 0 Å². The van der Waals surface area contributed by atoms with E-state index in [0.717, 1.165) is 95.0 Å². The lowest BCUT2D eigenvalue weighted by atomic mass is 10.0. The van der Waals surface area contributed by atoms with Crippen molar-refractivity contribution in [2.45, 2.75) is 215 Å². The lowest BCUT2D eigenvalue weighted by molar-refractivity contribution is -0.870. The van der Waals surface area contributed by atoms with E-state index in [1.165, 1.54) is 91.6 Å². The molecule has 0 fully saturated rings. The summed E-state index contributed by atoms with van der Waals surface area (Å²) in [5, 5.41) is 0. The zero-order valence-electron chi connectivity index (χ0n) is 40.8. The Bertz CT molecular complexity index is 1570. The molecule has 2 heterocycles. The topological polar surface area (TPSA) is 135 Å². The number of likely N-dealkylation sites (N-methyl/N-ethyl adjacent to an activating group) is 1. The molecule has 0 aliphatic rings. The fourth-order valence-corrected chi connectivity index (χ4v) is 8.39. The van der Waals surface area contributed by atoms with Crippen LogP contribution < -0.4 is 0 Å². The summed E-state index contributed by atoms with van der Waals surface area (Å²) >= 11 is 0. The number of ether oxygens (including phenoxy) is 2. The first-order valence-electron chi connectivity index (χ1n) is 24.5. The second-order valence-corrected chi connectivity index (χ2v) is 20.1. The summed E-state index contributed by atoms with van der Waals surface area (Å²) in [7, 11) is 1.44. The summed E-state index contributed by atoms with van der Waals surface area (Å²) in [4.78, 5) is 35.7. The number of hydrogen-bond donors (Lipinski definition) is 1. The highest BCUT2D eigenvalue weighted by Crippen LogP contribution is 2.43. The van der Waals surface area contributed by atoms with Gasteiger partial charge in [0, 0.05) is 38.5 Å². The average molecular weight is 895 g/mol. The van der Waals surface area contributed by atoms with Crippen LogP contribution in [0, 0.1) is 27.7 Å². The van der Waals surface area contributed by atoms with Crippen molar-refractivity contribution in [1.29, 1.82) is 0 Å². The third kappa shape index (κ3) is 24.6. The van der Waals surface area contributed by atoms with E-state index in [-0.39, 0.29) is 26.1 Å². The average Bonchev–Trinajstić information content (AvgIpc) is 3.64. The van der Waals surface area contributed by atoms with Crippen LogP contribution in [0.5, 0.6) is 0 Å². The summed E-state index contributed by atoms with van der Waals surface area (Å²) in [6, 6.07) is 0. The Kier molecular flexibility index (Phi) is 28.3. The quantitative estimate of drug-likeness (QED) is 0.0300. The number of nitrogens with zero attached hydrogens (tertiary/aromatic N) is 1. The summed E-state index contributed by atoms with van der Waals surface area (Å²) in [6.07, 6.45) is 25.3. The van der Waals surface area contributed by atoms with E-state index in [1.54, 1.807) is 0 Å². The van der Waals surface area contributed by atoms with Gasteiger partial charge in [0.15, 0.2) is 6.10 Å². The van der Waals surface area contributed by atoms with Crippen LogP contribution in [0.1, 0.15) is 200 Å². The SMILES string of the molecule is CCCCCc1oc(CCCCCCCCCCCCC(=O)OC(COC(=O)CCCCCCCCc2oc(CCC)c(C)c2C)COP(=O)(O)OCC[N+](C)(C)C)c(C)c1C. The number of carbonyl (C=O) groups excluding carboxylic acids is 2. The van der Waals surface area contributed by atoms with Crippen molar-refractivity contribution in [3.63, 3.8) is 0 Å². The van der Waals surface area contributed by atoms with Gasteiger partial charge >= 0.3 is 19.8 Å². The predicted molar refractivity (Wildman–Crippen MR) is 250 cm³/mol. The van der Waals surface area contributed by atoms with E-state index in [9.17, 15) is 19.0 Å². The first-order chi connectivity index (χ1) is 29.6. The molecule has 11 nitrogen and oxygen atoms in total. The number of phosphoric ester groups is 1. The van der Waals surface area contributed by atoms with Crippen LogP contribution in [0.25, 0.3) is 0 Å². The smallest absolute Gasteiger partial charge is 0.466 e. The van der Waals surface area contributed by atoms with Gasteiger partial charge in [-0.15, -0.1) is 0 Å². The molecule has 62 heavy (non-hydrogen) atoms. The number of rotatable bonds is 38. The molecule has 2 rings (SSSR count). The molecular weight excluding hydrogens is 806 g/mol. The molecule has 2 unspecified atom stereocenters. The van der Waals surface area contributed by atoms with Gasteiger partial charge in [0.1, 0.15) is 42.8 Å². The third-order valence-corrected chi connectivity index (χ3v) is 13.0. The van der Waals surface area contributed by atoms with E-state index in [1.807, 2.05) is 21.1 Å². The Morgan fingerprint density at radius 1 is 0.548 bits per heavy atom. The molecule has 2 aromatic heterocycles. The molecule has 12 heteroatoms. The Hall–Kier alpha value is -2.43. The maximum atomic E-state index is 12.8. The van der Waals surface area contributed by atoms with Crippen LogP contribution >= 0.6 is 7.82 Å². The lowest BCUT2D eigenvalue weighted by Crippen LogP contribution is -2.37. The maximum absolute atomic E-state index is 12.8. The minimum Gasteiger partial charge on any atom is -0.466 e. The highest BCUT2D eigenvalue weighted by molar-refractivity contribution is 7.47. The summed E-state index contributed by atoms with van der Waals surface area (Å²) in [5.41, 5.74) is 5.27. The second kappa shape index (κ2) is 31.4. The van der Waals surface area contributed by atoms with Gasteiger partial charge in [-0.1, -0.05) is 104 Å². The lowest BCUT2D eigenvalue weighted by Gasteiger charge is -2.24. The van der Waals surface area contributed by atoms with Gasteiger partial charge in [-0.2, -0.15) is 0 Å². The molecule has 0 amide bonds. The first kappa shape index (κ1) is 55.7. The molecule has 2 aromatic rings. The summed E-state index contributed by atoms with van der Waals surface area (Å²) < 4.78 is 46.9. The monoisotopic (exact) mass is 895 g/mol. The van der Waals surface area contributed by atoms with Crippen LogP contribution in [0.15, 0.2) is 8.83 Å². The molecule has 358 valence electrons. The van der Waals surface area contributed by atoms with E-state index in [0.29, 0.717) is 23.9 Å². The van der Waals surface area contributed by atoms with Crippen molar-refractivity contribution in [2.75, 3.05) is 47.5 Å². The molecule has 0 radical (unpaired) electrons. The number of phosphoric acid groups is 1. The van der Waals surface area contributed by atoms with Crippen LogP contribution in [-0.2, 0) is 58.4 Å². The number of quaternary nitrogens is 1. The molecular formula is C50H89NO10P+. The third-order valence-electron chi connectivity index (χ3n) is 12.0. The molecule has 0 aliphatic carbocycles. The van der Waals surface area contributed by atoms with E-state index < -0.39 is 32.5 Å². The second-order valence-electron chi connectivity index (χ2n) is 18.7.